The Morgan fingerprint density at radius 3 is 1.31 bits per heavy atom. The van der Waals surface area contributed by atoms with Gasteiger partial charge in [0.2, 0.25) is 0 Å². The lowest BCUT2D eigenvalue weighted by atomic mass is 10.4. The molecule has 0 bridgehead atoms. The molecule has 0 N–H and O–H groups in total. The second-order valence-electron chi connectivity index (χ2n) is 10.5. The number of allylic oxidation sites excluding steroid dienone is 1. The molecule has 0 aromatic heterocycles. The Balaban J connectivity index is 0. The van der Waals surface area contributed by atoms with E-state index in [1.165, 1.54) is 9.79 Å². The van der Waals surface area contributed by atoms with Crippen molar-refractivity contribution in [2.45, 2.75) is 66.2 Å². The number of rotatable bonds is 6. The van der Waals surface area contributed by atoms with Crippen LogP contribution in [0.2, 0.25) is 31.2 Å². The molecule has 16 heteroatoms. The molecule has 3 rings (SSSR count). The largest absolute Gasteiger partial charge is 1.00 e. The first kappa shape index (κ1) is 43.0. The van der Waals surface area contributed by atoms with Crippen molar-refractivity contribution >= 4 is 57.8 Å². The van der Waals surface area contributed by atoms with Gasteiger partial charge in [-0.1, -0.05) is 69.2 Å². The molecule has 2 aromatic carbocycles. The molecule has 0 spiro atoms. The van der Waals surface area contributed by atoms with E-state index in [9.17, 15) is 39.3 Å². The summed E-state index contributed by atoms with van der Waals surface area (Å²) < 4.78 is 103. The van der Waals surface area contributed by atoms with Crippen LogP contribution in [0.15, 0.2) is 82.2 Å². The van der Waals surface area contributed by atoms with Crippen molar-refractivity contribution in [1.29, 1.82) is 0 Å². The molecular weight excluding hydrogens is 672 g/mol. The fraction of sp³-hybridized carbons (Fsp3) is 0.462. The molecule has 2 aromatic rings. The quantitative estimate of drug-likeness (QED) is 0.124. The molecule has 240 valence electrons. The molecule has 0 unspecified atom stereocenters. The summed E-state index contributed by atoms with van der Waals surface area (Å²) in [6.45, 7) is 9.57. The van der Waals surface area contributed by atoms with Gasteiger partial charge in [-0.15, -0.1) is 23.2 Å². The Hall–Kier alpha value is -1.09. The first-order valence-electron chi connectivity index (χ1n) is 12.2. The van der Waals surface area contributed by atoms with E-state index in [0.29, 0.717) is 12.8 Å². The summed E-state index contributed by atoms with van der Waals surface area (Å²) >= 11 is 11.0. The van der Waals surface area contributed by atoms with E-state index in [1.54, 1.807) is 26.2 Å². The van der Waals surface area contributed by atoms with Gasteiger partial charge in [0.25, 0.3) is 0 Å². The highest BCUT2D eigenvalue weighted by Crippen LogP contribution is 2.69. The summed E-state index contributed by atoms with van der Waals surface area (Å²) in [5.74, 6) is 0. The third-order valence-electron chi connectivity index (χ3n) is 6.61. The second-order valence-corrected chi connectivity index (χ2v) is 23.7. The Bertz CT molecular complexity index is 995. The van der Waals surface area contributed by atoms with Crippen LogP contribution in [-0.4, -0.2) is 53.3 Å². The summed E-state index contributed by atoms with van der Waals surface area (Å²) in [7, 11) is -8.22. The lowest BCUT2D eigenvalue weighted by Gasteiger charge is -2.32. The Kier molecular flexibility index (Phi) is 18.5. The first-order chi connectivity index (χ1) is 18.6. The average Bonchev–Trinajstić information content (AvgIpc) is 3.72. The molecule has 0 nitrogen and oxygen atoms in total. The van der Waals surface area contributed by atoms with Crippen LogP contribution in [0.4, 0.5) is 39.3 Å². The van der Waals surface area contributed by atoms with Gasteiger partial charge in [0.05, 0.1) is 24.0 Å². The van der Waals surface area contributed by atoms with E-state index < -0.39 is 46.3 Å². The van der Waals surface area contributed by atoms with Gasteiger partial charge >= 0.3 is 19.9 Å². The van der Waals surface area contributed by atoms with Gasteiger partial charge in [0.1, 0.15) is 14.3 Å². The predicted molar refractivity (Wildman–Crippen MR) is 161 cm³/mol. The number of hydrogen-bond acceptors (Lipinski definition) is 0. The van der Waals surface area contributed by atoms with E-state index in [4.69, 9.17) is 23.2 Å². The van der Waals surface area contributed by atoms with E-state index in [1.807, 2.05) is 0 Å². The lowest BCUT2D eigenvalue weighted by molar-refractivity contribution is -0.143. The van der Waals surface area contributed by atoms with Gasteiger partial charge < -0.3 is 4.70 Å². The van der Waals surface area contributed by atoms with E-state index in [0.717, 1.165) is 0 Å². The van der Waals surface area contributed by atoms with Crippen molar-refractivity contribution in [2.24, 2.45) is 0 Å². The van der Waals surface area contributed by atoms with Crippen LogP contribution in [-0.2, 0) is 10.9 Å². The van der Waals surface area contributed by atoms with Crippen LogP contribution < -0.4 is 4.70 Å². The number of benzene rings is 2. The Morgan fingerprint density at radius 1 is 0.810 bits per heavy atom. The van der Waals surface area contributed by atoms with Gasteiger partial charge in [-0.2, -0.15) is 26.3 Å². The van der Waals surface area contributed by atoms with Crippen LogP contribution in [0.5, 0.6) is 0 Å². The van der Waals surface area contributed by atoms with Gasteiger partial charge in [-0.25, -0.2) is 0 Å². The van der Waals surface area contributed by atoms with Gasteiger partial charge in [-0.05, 0) is 37.1 Å². The highest BCUT2D eigenvalue weighted by Gasteiger charge is 2.70. The molecule has 0 saturated heterocycles. The zero-order valence-corrected chi connectivity index (χ0v) is 28.2. The molecule has 1 fully saturated rings. The molecule has 0 heterocycles. The Morgan fingerprint density at radius 2 is 1.14 bits per heavy atom. The zero-order chi connectivity index (χ0) is 32.3. The topological polar surface area (TPSA) is 0 Å². The molecular formula is C26H35BCl2F10SSi2. The fourth-order valence-electron chi connectivity index (χ4n) is 3.45. The van der Waals surface area contributed by atoms with E-state index >= 15 is 0 Å². The average molecular weight is 708 g/mol. The number of halogens is 12. The highest BCUT2D eigenvalue weighted by molar-refractivity contribution is 7.96. The number of alkyl halides is 8. The fourth-order valence-corrected chi connectivity index (χ4v) is 9.53. The maximum Gasteiger partial charge on any atom is 0.762 e. The zero-order valence-electron chi connectivity index (χ0n) is 23.8. The Labute approximate surface area is 257 Å². The summed E-state index contributed by atoms with van der Waals surface area (Å²) in [6, 6.07) is 21.3. The van der Waals surface area contributed by atoms with E-state index in [2.05, 4.69) is 73.5 Å². The summed E-state index contributed by atoms with van der Waals surface area (Å²) in [4.78, 5) is 2.80. The van der Waals surface area contributed by atoms with Gasteiger partial charge in [0, 0.05) is 16.2 Å². The first-order valence-corrected chi connectivity index (χ1v) is 21.3. The summed E-state index contributed by atoms with van der Waals surface area (Å²) in [6.07, 6.45) is -5.45. The third-order valence-corrected chi connectivity index (χ3v) is 19.2. The van der Waals surface area contributed by atoms with Gasteiger partial charge in [-0.3, -0.25) is 12.9 Å². The molecule has 1 aliphatic rings. The van der Waals surface area contributed by atoms with Crippen LogP contribution >= 0.6 is 23.2 Å². The molecule has 1 saturated carbocycles. The molecule has 1 aliphatic carbocycles. The minimum absolute atomic E-state index is 0. The van der Waals surface area contributed by atoms with Crippen molar-refractivity contribution in [3.05, 3.63) is 72.4 Å². The summed E-state index contributed by atoms with van der Waals surface area (Å²) in [5.41, 5.74) is 0.262. The smallest absolute Gasteiger partial charge is 0.762 e. The van der Waals surface area contributed by atoms with Crippen molar-refractivity contribution in [3.63, 3.8) is 0 Å². The monoisotopic (exact) mass is 706 g/mol. The van der Waals surface area contributed by atoms with Crippen LogP contribution in [0.25, 0.3) is 0 Å². The molecule has 0 atom stereocenters. The van der Waals surface area contributed by atoms with Crippen LogP contribution in [0, 0.1) is 0 Å². The van der Waals surface area contributed by atoms with Gasteiger partial charge in [0.15, 0.2) is 9.79 Å². The second kappa shape index (κ2) is 18.0. The van der Waals surface area contributed by atoms with Crippen molar-refractivity contribution in [2.75, 3.05) is 17.3 Å². The minimum Gasteiger partial charge on any atom is -1.00 e. The molecule has 0 amide bonds. The standard InChI is InChI=1S/C13H13S.C7H12ClF3Si.C6H10ClF3Si.BF3.FH/c1-14(12-8-4-2-5-9-12)13-10-6-3-7-11-13;1-12(2,5-8)6(3-4-6)7(9,10)11;1-5(6(8,9)10)11(2,3)4-7;2-1(3)4;/h2-11H,1H3;3-5H2,1-2H3;1,4H2,2-3H3;;1H/q+1;;;;/p-1. The molecule has 0 aliphatic heterocycles. The van der Waals surface area contributed by atoms with Crippen molar-refractivity contribution < 1.29 is 44.0 Å². The van der Waals surface area contributed by atoms with E-state index in [-0.39, 0.29) is 26.6 Å². The number of hydrogen-bond donors (Lipinski definition) is 0. The maximum absolute atomic E-state index is 12.6. The predicted octanol–water partition coefficient (Wildman–Crippen LogP) is 7.94. The SMILES string of the molecule is C=C(C(F)(F)F)[Si](C)(C)CCl.C[S+](c1ccccc1)c1ccccc1.C[Si](C)(CCl)C1(C(F)(F)F)CC1.FB(F)F.[F-]. The summed E-state index contributed by atoms with van der Waals surface area (Å²) in [5, 5.41) is -2.00. The van der Waals surface area contributed by atoms with Crippen molar-refractivity contribution in [1.82, 2.24) is 0 Å². The molecule has 0 radical (unpaired) electrons. The molecule has 42 heavy (non-hydrogen) atoms. The maximum atomic E-state index is 12.6. The van der Waals surface area contributed by atoms with Crippen molar-refractivity contribution in [3.8, 4) is 0 Å². The van der Waals surface area contributed by atoms with Crippen LogP contribution in [0.3, 0.4) is 0 Å². The normalized spacial score (nSPS) is 14.0. The van der Waals surface area contributed by atoms with Crippen LogP contribution in [0.1, 0.15) is 12.8 Å². The lowest BCUT2D eigenvalue weighted by Crippen LogP contribution is -3.00. The highest BCUT2D eigenvalue weighted by atomic mass is 35.5. The minimum atomic E-state index is -4.27. The third kappa shape index (κ3) is 13.7.